The number of aromatic nitrogens is 1. The highest BCUT2D eigenvalue weighted by molar-refractivity contribution is 7.80. The zero-order valence-corrected chi connectivity index (χ0v) is 12.4. The molecule has 0 spiro atoms. The lowest BCUT2D eigenvalue weighted by Gasteiger charge is -2.26. The summed E-state index contributed by atoms with van der Waals surface area (Å²) < 4.78 is 0. The van der Waals surface area contributed by atoms with Crippen LogP contribution >= 0.6 is 12.2 Å². The van der Waals surface area contributed by atoms with Gasteiger partial charge in [0.15, 0.2) is 0 Å². The van der Waals surface area contributed by atoms with E-state index in [1.54, 1.807) is 0 Å². The third-order valence-corrected chi connectivity index (χ3v) is 4.15. The van der Waals surface area contributed by atoms with Crippen molar-refractivity contribution in [1.82, 2.24) is 4.98 Å². The van der Waals surface area contributed by atoms with E-state index in [1.165, 1.54) is 17.5 Å². The molecule has 2 nitrogen and oxygen atoms in total. The van der Waals surface area contributed by atoms with E-state index in [0.29, 0.717) is 0 Å². The molecule has 20 heavy (non-hydrogen) atoms. The Balaban J connectivity index is 1.83. The van der Waals surface area contributed by atoms with Gasteiger partial charge in [0.1, 0.15) is 0 Å². The van der Waals surface area contributed by atoms with E-state index in [2.05, 4.69) is 23.3 Å². The highest BCUT2D eigenvalue weighted by Crippen LogP contribution is 2.32. The zero-order valence-electron chi connectivity index (χ0n) is 11.6. The first-order valence-corrected chi connectivity index (χ1v) is 7.46. The minimum Gasteiger partial charge on any atom is -0.349 e. The molecule has 1 aliphatic rings. The lowest BCUT2D eigenvalue weighted by atomic mass is 9.86. The molecular weight excluding hydrogens is 264 g/mol. The van der Waals surface area contributed by atoms with Crippen molar-refractivity contribution in [2.24, 2.45) is 0 Å². The van der Waals surface area contributed by atoms with Crippen molar-refractivity contribution in [3.05, 3.63) is 59.4 Å². The first kappa shape index (κ1) is 13.3. The largest absolute Gasteiger partial charge is 0.349 e. The number of hydrogen-bond donors (Lipinski definition) is 1. The van der Waals surface area contributed by atoms with Gasteiger partial charge in [-0.3, -0.25) is 4.98 Å². The summed E-state index contributed by atoms with van der Waals surface area (Å²) in [5.74, 6) is 0.245. The van der Waals surface area contributed by atoms with Crippen LogP contribution in [0, 0.1) is 6.92 Å². The number of pyridine rings is 1. The first-order valence-electron chi connectivity index (χ1n) is 7.05. The number of benzene rings is 1. The van der Waals surface area contributed by atoms with Gasteiger partial charge in [0.2, 0.25) is 0 Å². The third kappa shape index (κ3) is 2.73. The Labute approximate surface area is 125 Å². The molecular formula is C17H18N2S. The summed E-state index contributed by atoms with van der Waals surface area (Å²) in [5.41, 5.74) is 4.80. The zero-order chi connectivity index (χ0) is 13.9. The summed E-state index contributed by atoms with van der Waals surface area (Å²) in [4.78, 5) is 5.52. The molecule has 1 aliphatic carbocycles. The van der Waals surface area contributed by atoms with Crippen molar-refractivity contribution < 1.29 is 0 Å². The maximum atomic E-state index is 5.61. The quantitative estimate of drug-likeness (QED) is 0.834. The number of hydrogen-bond acceptors (Lipinski definition) is 2. The lowest BCUT2D eigenvalue weighted by Crippen LogP contribution is -2.24. The third-order valence-electron chi connectivity index (χ3n) is 3.76. The van der Waals surface area contributed by atoms with E-state index >= 15 is 0 Å². The maximum Gasteiger partial charge on any atom is 0.0889 e. The average Bonchev–Trinajstić information content (AvgIpc) is 2.47. The number of fused-ring (bicyclic) bond motifs is 1. The van der Waals surface area contributed by atoms with Crippen molar-refractivity contribution in [2.45, 2.75) is 32.1 Å². The van der Waals surface area contributed by atoms with Crippen LogP contribution in [0.5, 0.6) is 0 Å². The van der Waals surface area contributed by atoms with Gasteiger partial charge in [-0.1, -0.05) is 36.5 Å². The van der Waals surface area contributed by atoms with E-state index in [-0.39, 0.29) is 5.92 Å². The molecule has 0 saturated heterocycles. The summed E-state index contributed by atoms with van der Waals surface area (Å²) in [5, 5.41) is 3.36. The van der Waals surface area contributed by atoms with Gasteiger partial charge in [-0.05, 0) is 49.4 Å². The molecule has 0 radical (unpaired) electrons. The van der Waals surface area contributed by atoms with Crippen LogP contribution in [0.25, 0.3) is 0 Å². The molecule has 0 unspecified atom stereocenters. The van der Waals surface area contributed by atoms with Gasteiger partial charge in [0, 0.05) is 11.9 Å². The number of anilines is 1. The summed E-state index contributed by atoms with van der Waals surface area (Å²) in [6.07, 6.45) is 5.33. The number of thiocarbonyl (C=S) groups is 1. The average molecular weight is 282 g/mol. The molecule has 0 saturated carbocycles. The Kier molecular flexibility index (Phi) is 3.79. The van der Waals surface area contributed by atoms with Gasteiger partial charge in [0.25, 0.3) is 0 Å². The summed E-state index contributed by atoms with van der Waals surface area (Å²) in [6.45, 7) is 2.09. The molecule has 2 aromatic rings. The van der Waals surface area contributed by atoms with Crippen LogP contribution in [0.2, 0.25) is 0 Å². The first-order chi connectivity index (χ1) is 9.74. The topological polar surface area (TPSA) is 24.9 Å². The van der Waals surface area contributed by atoms with Crippen LogP contribution in [0.1, 0.15) is 35.6 Å². The smallest absolute Gasteiger partial charge is 0.0889 e. The van der Waals surface area contributed by atoms with Gasteiger partial charge in [-0.25, -0.2) is 0 Å². The second-order valence-electron chi connectivity index (χ2n) is 5.36. The minimum absolute atomic E-state index is 0.245. The predicted octanol–water partition coefficient (Wildman–Crippen LogP) is 4.25. The fourth-order valence-corrected chi connectivity index (χ4v) is 3.14. The number of nitrogens with one attached hydrogen (secondary N) is 1. The molecule has 0 fully saturated rings. The van der Waals surface area contributed by atoms with Crippen LogP contribution in [0.15, 0.2) is 42.6 Å². The highest BCUT2D eigenvalue weighted by Gasteiger charge is 2.25. The fraction of sp³-hybridized carbons (Fsp3) is 0.294. The Morgan fingerprint density at radius 2 is 2.10 bits per heavy atom. The summed E-state index contributed by atoms with van der Waals surface area (Å²) in [6, 6.07) is 12.4. The van der Waals surface area contributed by atoms with Gasteiger partial charge in [-0.2, -0.15) is 0 Å². The monoisotopic (exact) mass is 282 g/mol. The Hall–Kier alpha value is -1.74. The highest BCUT2D eigenvalue weighted by atomic mass is 32.1. The molecule has 3 heteroatoms. The van der Waals surface area contributed by atoms with E-state index in [0.717, 1.165) is 29.2 Å². The Morgan fingerprint density at radius 3 is 2.90 bits per heavy atom. The molecule has 3 rings (SSSR count). The van der Waals surface area contributed by atoms with Crippen molar-refractivity contribution in [2.75, 3.05) is 5.32 Å². The maximum absolute atomic E-state index is 5.61. The Morgan fingerprint density at radius 1 is 1.30 bits per heavy atom. The number of rotatable bonds is 2. The van der Waals surface area contributed by atoms with E-state index in [9.17, 15) is 0 Å². The summed E-state index contributed by atoms with van der Waals surface area (Å²) >= 11 is 5.61. The van der Waals surface area contributed by atoms with Crippen molar-refractivity contribution in [3.63, 3.8) is 0 Å². The number of para-hydroxylation sites is 1. The normalized spacial score (nSPS) is 17.4. The predicted molar refractivity (Wildman–Crippen MR) is 87.3 cm³/mol. The molecule has 1 heterocycles. The SMILES string of the molecule is Cc1cnc2c(c1)CCC[C@@H]2C(=S)Nc1ccccc1. The van der Waals surface area contributed by atoms with Gasteiger partial charge in [-0.15, -0.1) is 0 Å². The second kappa shape index (κ2) is 5.71. The van der Waals surface area contributed by atoms with Crippen molar-refractivity contribution in [1.29, 1.82) is 0 Å². The van der Waals surface area contributed by atoms with E-state index < -0.39 is 0 Å². The minimum atomic E-state index is 0.245. The lowest BCUT2D eigenvalue weighted by molar-refractivity contribution is 0.634. The molecule has 0 amide bonds. The standard InChI is InChI=1S/C17H18N2S/c1-12-10-13-6-5-9-15(16(13)18-11-12)17(20)19-14-7-3-2-4-8-14/h2-4,7-8,10-11,15H,5-6,9H2,1H3,(H,19,20)/t15-/m0/s1. The number of nitrogens with zero attached hydrogens (tertiary/aromatic N) is 1. The van der Waals surface area contributed by atoms with Crippen LogP contribution in [0.3, 0.4) is 0 Å². The number of aryl methyl sites for hydroxylation is 2. The van der Waals surface area contributed by atoms with Crippen molar-refractivity contribution >= 4 is 22.9 Å². The van der Waals surface area contributed by atoms with E-state index in [1.807, 2.05) is 36.5 Å². The second-order valence-corrected chi connectivity index (χ2v) is 5.80. The molecule has 102 valence electrons. The van der Waals surface area contributed by atoms with Crippen LogP contribution in [0.4, 0.5) is 5.69 Å². The van der Waals surface area contributed by atoms with Crippen molar-refractivity contribution in [3.8, 4) is 0 Å². The molecule has 1 N–H and O–H groups in total. The fourth-order valence-electron chi connectivity index (χ4n) is 2.79. The molecule has 1 aromatic carbocycles. The molecule has 0 aliphatic heterocycles. The van der Waals surface area contributed by atoms with Crippen LogP contribution in [-0.4, -0.2) is 9.97 Å². The van der Waals surface area contributed by atoms with Crippen LogP contribution in [-0.2, 0) is 6.42 Å². The van der Waals surface area contributed by atoms with Gasteiger partial charge < -0.3 is 5.32 Å². The van der Waals surface area contributed by atoms with E-state index in [4.69, 9.17) is 12.2 Å². The van der Waals surface area contributed by atoms with Gasteiger partial charge in [0.05, 0.1) is 16.6 Å². The van der Waals surface area contributed by atoms with Crippen LogP contribution < -0.4 is 5.32 Å². The summed E-state index contributed by atoms with van der Waals surface area (Å²) in [7, 11) is 0. The molecule has 1 aromatic heterocycles. The van der Waals surface area contributed by atoms with Gasteiger partial charge >= 0.3 is 0 Å². The molecule has 1 atom stereocenters. The Bertz CT molecular complexity index is 622. The molecule has 0 bridgehead atoms.